The molecule has 0 aliphatic carbocycles. The Morgan fingerprint density at radius 3 is 1.31 bits per heavy atom. The monoisotopic (exact) mass is 1400 g/mol. The first-order chi connectivity index (χ1) is 47.6. The van der Waals surface area contributed by atoms with Crippen LogP contribution in [0.5, 0.6) is 17.2 Å². The number of hydrogen-bond donors (Lipinski definition) is 8. The maximum Gasteiger partial charge on any atom is 0.496 e. The number of carbonyl (C=O) groups excluding carboxylic acids is 7. The summed E-state index contributed by atoms with van der Waals surface area (Å²) in [5.41, 5.74) is 1.03. The maximum atomic E-state index is 12.6. The minimum atomic E-state index is -2.08. The lowest BCUT2D eigenvalue weighted by Crippen LogP contribution is -2.55. The number of carboxylic acids is 1. The van der Waals surface area contributed by atoms with Gasteiger partial charge < -0.3 is 64.7 Å². The van der Waals surface area contributed by atoms with Crippen LogP contribution in [-0.2, 0) is 47.5 Å². The summed E-state index contributed by atoms with van der Waals surface area (Å²) in [5.74, 6) is -3.86. The average Bonchev–Trinajstić information content (AvgIpc) is 1.53. The van der Waals surface area contributed by atoms with Crippen molar-refractivity contribution in [2.24, 2.45) is 0 Å². The third-order valence-electron chi connectivity index (χ3n) is 16.4. The van der Waals surface area contributed by atoms with Crippen LogP contribution in [0.15, 0.2) is 110 Å². The summed E-state index contributed by atoms with van der Waals surface area (Å²) in [6.45, 7) is 19.9. The Balaban J connectivity index is 0.000000154. The van der Waals surface area contributed by atoms with E-state index in [1.807, 2.05) is 102 Å². The second-order valence-corrected chi connectivity index (χ2v) is 26.0. The molecule has 0 radical (unpaired) electrons. The number of esters is 2. The van der Waals surface area contributed by atoms with Gasteiger partial charge in [-0.05, 0) is 154 Å². The number of aromatic nitrogens is 7. The molecule has 8 N–H and O–H groups in total. The lowest BCUT2D eigenvalue weighted by atomic mass is 9.80. The maximum absolute atomic E-state index is 12.6. The number of carbonyl (C=O) groups is 8. The molecule has 7 aromatic heterocycles. The number of hydrogen-bond acceptors (Lipinski definition) is 24. The fourth-order valence-corrected chi connectivity index (χ4v) is 12.2. The molecule has 516 valence electrons. The summed E-state index contributed by atoms with van der Waals surface area (Å²) in [4.78, 5) is 129. The van der Waals surface area contributed by atoms with Gasteiger partial charge in [0.15, 0.2) is 45.0 Å². The predicted octanol–water partition coefficient (Wildman–Crippen LogP) is 8.98. The number of carboxylic acid groups (broad SMARTS) is 1. The minimum Gasteiger partial charge on any atom is -0.478 e. The van der Waals surface area contributed by atoms with E-state index in [2.05, 4.69) is 72.1 Å². The van der Waals surface area contributed by atoms with Crippen molar-refractivity contribution in [1.29, 1.82) is 0 Å². The molecule has 0 spiro atoms. The van der Waals surface area contributed by atoms with E-state index in [-0.39, 0.29) is 60.0 Å². The Morgan fingerprint density at radius 2 is 0.920 bits per heavy atom. The number of fused-ring (bicyclic) bond motifs is 5. The van der Waals surface area contributed by atoms with Gasteiger partial charge in [0.1, 0.15) is 0 Å². The summed E-state index contributed by atoms with van der Waals surface area (Å²) >= 11 is 2.67. The van der Waals surface area contributed by atoms with Crippen molar-refractivity contribution in [3.8, 4) is 62.0 Å². The highest BCUT2D eigenvalue weighted by Crippen LogP contribution is 2.44. The van der Waals surface area contributed by atoms with Gasteiger partial charge in [-0.25, -0.2) is 48.9 Å². The van der Waals surface area contributed by atoms with Crippen LogP contribution in [0, 0.1) is 0 Å². The zero-order chi connectivity index (χ0) is 71.6. The molecular formula is C67H67BN14O16S2. The Labute approximate surface area is 579 Å². The van der Waals surface area contributed by atoms with Crippen LogP contribution >= 0.6 is 22.7 Å². The molecule has 7 amide bonds. The zero-order valence-corrected chi connectivity index (χ0v) is 57.4. The Hall–Kier alpha value is -11.3. The fraction of sp³-hybridized carbons (Fsp3) is 0.299. The number of benzene rings is 2. The van der Waals surface area contributed by atoms with Gasteiger partial charge in [-0.2, -0.15) is 0 Å². The average molecular weight is 1400 g/mol. The van der Waals surface area contributed by atoms with E-state index in [4.69, 9.17) is 33.0 Å². The Morgan fingerprint density at radius 1 is 0.520 bits per heavy atom. The van der Waals surface area contributed by atoms with Gasteiger partial charge >= 0.3 is 37.1 Å². The first-order valence-electron chi connectivity index (χ1n) is 31.4. The van der Waals surface area contributed by atoms with E-state index < -0.39 is 70.8 Å². The number of nitrogens with one attached hydrogen (secondary N) is 7. The van der Waals surface area contributed by atoms with E-state index in [1.54, 1.807) is 63.0 Å². The molecule has 13 rings (SSSR count). The lowest BCUT2D eigenvalue weighted by Gasteiger charge is -2.32. The van der Waals surface area contributed by atoms with E-state index in [0.29, 0.717) is 62.2 Å². The van der Waals surface area contributed by atoms with E-state index in [1.165, 1.54) is 43.4 Å². The van der Waals surface area contributed by atoms with Crippen LogP contribution in [0.4, 0.5) is 37.3 Å². The summed E-state index contributed by atoms with van der Waals surface area (Å²) in [6, 6.07) is 23.0. The van der Waals surface area contributed by atoms with Gasteiger partial charge in [0, 0.05) is 71.8 Å². The van der Waals surface area contributed by atoms with Crippen molar-refractivity contribution in [1.82, 2.24) is 45.5 Å². The Kier molecular flexibility index (Phi) is 19.6. The third kappa shape index (κ3) is 13.9. The number of amides is 7. The van der Waals surface area contributed by atoms with Gasteiger partial charge in [0.05, 0.1) is 56.2 Å². The summed E-state index contributed by atoms with van der Waals surface area (Å²) in [7, 11) is -0.632. The number of anilines is 5. The van der Waals surface area contributed by atoms with Crippen LogP contribution in [0.2, 0.25) is 0 Å². The SMILES string of the molecule is CCNC(=O)Nc1nc2cc(-c3cnc4c(c3)OC(C)(C(=O)O)C(=O)N4)cc(-c3ccccn3)c2s1.CCNC(=O)Nc1nc2cc(-c3cnc4c(c3)OC(C)(C(=O)OCC)C(=O)N4)cc(-c3ccccn3)c2s1.CCOC(=O)C1(C)Oc2cc(B3OC(C)(C)C(C)(C)O3)cnc2NC1=O. The van der Waals surface area contributed by atoms with Gasteiger partial charge in [0.25, 0.3) is 34.5 Å². The number of ether oxygens (including phenoxy) is 5. The summed E-state index contributed by atoms with van der Waals surface area (Å²) in [5, 5.41) is 29.0. The molecule has 100 heavy (non-hydrogen) atoms. The third-order valence-corrected chi connectivity index (χ3v) is 18.5. The van der Waals surface area contributed by atoms with Gasteiger partial charge in [-0.3, -0.25) is 35.0 Å². The van der Waals surface area contributed by atoms with Crippen molar-refractivity contribution >= 4 is 131 Å². The van der Waals surface area contributed by atoms with Crippen LogP contribution in [0.1, 0.15) is 76.2 Å². The van der Waals surface area contributed by atoms with Crippen molar-refractivity contribution in [3.05, 3.63) is 110 Å². The van der Waals surface area contributed by atoms with Gasteiger partial charge in [0.2, 0.25) is 0 Å². The normalized spacial score (nSPS) is 18.9. The predicted molar refractivity (Wildman–Crippen MR) is 371 cm³/mol. The van der Waals surface area contributed by atoms with E-state index >= 15 is 0 Å². The summed E-state index contributed by atoms with van der Waals surface area (Å²) in [6.07, 6.45) is 8.09. The van der Waals surface area contributed by atoms with Crippen molar-refractivity contribution in [2.45, 2.75) is 104 Å². The number of nitrogens with zero attached hydrogens (tertiary/aromatic N) is 7. The molecule has 11 heterocycles. The number of aliphatic carboxylic acids is 1. The molecule has 30 nitrogen and oxygen atoms in total. The molecule has 4 aliphatic heterocycles. The molecule has 33 heteroatoms. The molecule has 0 bridgehead atoms. The molecular weight excluding hydrogens is 1330 g/mol. The van der Waals surface area contributed by atoms with Crippen LogP contribution in [-0.4, -0.2) is 149 Å². The minimum absolute atomic E-state index is 0.108. The number of rotatable bonds is 14. The molecule has 2 aromatic carbocycles. The van der Waals surface area contributed by atoms with Crippen molar-refractivity contribution in [2.75, 3.05) is 52.9 Å². The highest BCUT2D eigenvalue weighted by Gasteiger charge is 2.54. The number of pyridine rings is 5. The van der Waals surface area contributed by atoms with Gasteiger partial charge in [-0.15, -0.1) is 0 Å². The molecule has 9 aromatic rings. The molecule has 3 atom stereocenters. The molecule has 1 saturated heterocycles. The van der Waals surface area contributed by atoms with E-state index in [9.17, 15) is 43.5 Å². The molecule has 4 aliphatic rings. The number of thiazole rings is 2. The van der Waals surface area contributed by atoms with Crippen molar-refractivity contribution in [3.63, 3.8) is 0 Å². The Bertz CT molecular complexity index is 4740. The second-order valence-electron chi connectivity index (χ2n) is 24.0. The van der Waals surface area contributed by atoms with Crippen LogP contribution in [0.3, 0.4) is 0 Å². The topological polar surface area (TPSA) is 396 Å². The lowest BCUT2D eigenvalue weighted by molar-refractivity contribution is -0.166. The van der Waals surface area contributed by atoms with E-state index in [0.717, 1.165) is 31.8 Å². The highest BCUT2D eigenvalue weighted by atomic mass is 32.1. The van der Waals surface area contributed by atoms with Gasteiger partial charge in [-0.1, -0.05) is 34.8 Å². The quantitative estimate of drug-likeness (QED) is 0.0286. The zero-order valence-electron chi connectivity index (χ0n) is 55.8. The first-order valence-corrected chi connectivity index (χ1v) is 33.0. The van der Waals surface area contributed by atoms with Crippen LogP contribution in [0.25, 0.3) is 65.2 Å². The second kappa shape index (κ2) is 27.9. The smallest absolute Gasteiger partial charge is 0.478 e. The summed E-state index contributed by atoms with van der Waals surface area (Å²) < 4.78 is 40.8. The largest absolute Gasteiger partial charge is 0.496 e. The van der Waals surface area contributed by atoms with Crippen LogP contribution < -0.4 is 56.9 Å². The highest BCUT2D eigenvalue weighted by molar-refractivity contribution is 7.23. The number of urea groups is 2. The first kappa shape index (κ1) is 70.0. The molecule has 0 saturated carbocycles. The fourth-order valence-electron chi connectivity index (χ4n) is 10.2. The molecule has 3 unspecified atom stereocenters. The van der Waals surface area contributed by atoms with Crippen molar-refractivity contribution < 1.29 is 76.5 Å². The standard InChI is InChI=1S/C26H24N6O5S.C24H20N6O5S.C17H23BN2O6/c1-4-27-24(35)32-25-30-18-11-14(10-16(20(18)38-25)17-8-6-7-9-28-17)15-12-19-21(29-13-15)31-22(33)26(3,37-19)23(34)36-5-2;1-3-25-22(34)30-23-28-16-9-12(8-14(18(16)36-23)15-6-4-5-7-26-15)13-10-17-19(27-11-13)29-20(31)24(2,35-17)21(32)33;1-7-23-14(22)17(6)13(21)20-12-11(24-17)8-10(9-19-12)18-25-15(2,3)16(4,5)26-18/h6-13H,4-5H2,1-3H3,(H,29,31,33)(H2,27,30,32,35);4-11H,3H2,1-2H3,(H,32,33)(H,27,29,31)(H2,25,28,30,34);8-9H,7H2,1-6H3,(H,19,20,21). The molecule has 1 fully saturated rings.